The first-order chi connectivity index (χ1) is 15.4. The zero-order chi connectivity index (χ0) is 22.8. The quantitative estimate of drug-likeness (QED) is 0.301. The largest absolute Gasteiger partial charge is 0.507 e. The first kappa shape index (κ1) is 21.3. The summed E-state index contributed by atoms with van der Waals surface area (Å²) in [5, 5.41) is 16.0. The van der Waals surface area contributed by atoms with E-state index in [0.717, 1.165) is 11.1 Å². The van der Waals surface area contributed by atoms with E-state index in [2.05, 4.69) is 15.6 Å². The van der Waals surface area contributed by atoms with Crippen LogP contribution in [0.2, 0.25) is 0 Å². The van der Waals surface area contributed by atoms with E-state index < -0.39 is 5.91 Å². The SMILES string of the molecule is COc1c(C)cccc1C(=O)NC(=S)Nc1ccc(O)c(-c2nc3cc(C)ccc3o2)c1. The Bertz CT molecular complexity index is 1350. The molecule has 0 aliphatic carbocycles. The number of hydrogen-bond acceptors (Lipinski definition) is 6. The molecule has 8 heteroatoms. The summed E-state index contributed by atoms with van der Waals surface area (Å²) in [7, 11) is 1.51. The van der Waals surface area contributed by atoms with Crippen LogP contribution in [0.5, 0.6) is 11.5 Å². The van der Waals surface area contributed by atoms with Crippen molar-refractivity contribution in [2.24, 2.45) is 0 Å². The van der Waals surface area contributed by atoms with E-state index >= 15 is 0 Å². The van der Waals surface area contributed by atoms with Crippen molar-refractivity contribution >= 4 is 40.0 Å². The Kier molecular flexibility index (Phi) is 5.79. The zero-order valence-electron chi connectivity index (χ0n) is 17.7. The third-order valence-corrected chi connectivity index (χ3v) is 5.12. The number of para-hydroxylation sites is 1. The van der Waals surface area contributed by atoms with Gasteiger partial charge in [-0.3, -0.25) is 10.1 Å². The van der Waals surface area contributed by atoms with Gasteiger partial charge in [0.25, 0.3) is 5.91 Å². The molecule has 0 saturated heterocycles. The summed E-state index contributed by atoms with van der Waals surface area (Å²) in [6.45, 7) is 3.83. The zero-order valence-corrected chi connectivity index (χ0v) is 18.5. The summed E-state index contributed by atoms with van der Waals surface area (Å²) in [6, 6.07) is 15.8. The molecule has 0 atom stereocenters. The van der Waals surface area contributed by atoms with E-state index in [-0.39, 0.29) is 16.8 Å². The van der Waals surface area contributed by atoms with Crippen LogP contribution in [0.15, 0.2) is 59.0 Å². The fourth-order valence-corrected chi connectivity index (χ4v) is 3.58. The minimum Gasteiger partial charge on any atom is -0.507 e. The van der Waals surface area contributed by atoms with Gasteiger partial charge in [-0.1, -0.05) is 18.2 Å². The average molecular weight is 448 g/mol. The normalized spacial score (nSPS) is 10.7. The summed E-state index contributed by atoms with van der Waals surface area (Å²) in [6.07, 6.45) is 0. The first-order valence-corrected chi connectivity index (χ1v) is 10.2. The number of carbonyl (C=O) groups excluding carboxylic acids is 1. The van der Waals surface area contributed by atoms with Crippen LogP contribution in [0, 0.1) is 13.8 Å². The molecule has 3 aromatic carbocycles. The predicted octanol–water partition coefficient (Wildman–Crippen LogP) is 4.95. The molecule has 0 unspecified atom stereocenters. The lowest BCUT2D eigenvalue weighted by Gasteiger charge is -2.13. The molecule has 1 heterocycles. The molecule has 4 aromatic rings. The van der Waals surface area contributed by atoms with Crippen molar-refractivity contribution in [3.05, 3.63) is 71.3 Å². The van der Waals surface area contributed by atoms with Crippen LogP contribution in [-0.2, 0) is 0 Å². The Hall–Kier alpha value is -3.91. The van der Waals surface area contributed by atoms with Gasteiger partial charge in [-0.15, -0.1) is 0 Å². The molecule has 3 N–H and O–H groups in total. The molecule has 0 bridgehead atoms. The molecule has 1 amide bonds. The van der Waals surface area contributed by atoms with Gasteiger partial charge in [0.05, 0.1) is 18.2 Å². The van der Waals surface area contributed by atoms with Crippen LogP contribution in [0.1, 0.15) is 21.5 Å². The lowest BCUT2D eigenvalue weighted by molar-refractivity contribution is 0.0974. The summed E-state index contributed by atoms with van der Waals surface area (Å²) in [4.78, 5) is 17.1. The highest BCUT2D eigenvalue weighted by molar-refractivity contribution is 7.80. The number of fused-ring (bicyclic) bond motifs is 1. The third-order valence-electron chi connectivity index (χ3n) is 4.92. The lowest BCUT2D eigenvalue weighted by Crippen LogP contribution is -2.34. The van der Waals surface area contributed by atoms with Gasteiger partial charge in [0, 0.05) is 5.69 Å². The van der Waals surface area contributed by atoms with Crippen molar-refractivity contribution in [2.75, 3.05) is 12.4 Å². The number of phenols is 1. The van der Waals surface area contributed by atoms with E-state index in [9.17, 15) is 9.90 Å². The molecular formula is C24H21N3O4S. The number of nitrogens with one attached hydrogen (secondary N) is 2. The number of benzene rings is 3. The van der Waals surface area contributed by atoms with Crippen molar-refractivity contribution in [3.63, 3.8) is 0 Å². The van der Waals surface area contributed by atoms with Gasteiger partial charge in [0.2, 0.25) is 5.89 Å². The standard InChI is InChI=1S/C24H21N3O4S/c1-13-7-10-20-18(11-13)26-23(31-20)17-12-15(8-9-19(17)28)25-24(32)27-22(29)16-6-4-5-14(2)21(16)30-3/h4-12,28H,1-3H3,(H2,25,27,29,32). The molecule has 0 saturated carbocycles. The molecule has 0 aliphatic rings. The number of aryl methyl sites for hydroxylation is 2. The highest BCUT2D eigenvalue weighted by Gasteiger charge is 2.17. The molecule has 7 nitrogen and oxygen atoms in total. The summed E-state index contributed by atoms with van der Waals surface area (Å²) in [5.74, 6) is 0.395. The number of aromatic hydroxyl groups is 1. The van der Waals surface area contributed by atoms with Crippen molar-refractivity contribution < 1.29 is 19.1 Å². The van der Waals surface area contributed by atoms with E-state index in [1.807, 2.05) is 38.1 Å². The van der Waals surface area contributed by atoms with Crippen molar-refractivity contribution in [1.82, 2.24) is 10.3 Å². The summed E-state index contributed by atoms with van der Waals surface area (Å²) in [5.41, 5.74) is 4.56. The van der Waals surface area contributed by atoms with Gasteiger partial charge in [-0.05, 0) is 73.6 Å². The van der Waals surface area contributed by atoms with Gasteiger partial charge >= 0.3 is 0 Å². The molecule has 0 aliphatic heterocycles. The minimum atomic E-state index is -0.392. The second-order valence-corrected chi connectivity index (χ2v) is 7.69. The summed E-state index contributed by atoms with van der Waals surface area (Å²) < 4.78 is 11.1. The average Bonchev–Trinajstić information content (AvgIpc) is 3.17. The Labute approximate surface area is 190 Å². The van der Waals surface area contributed by atoms with Crippen molar-refractivity contribution in [2.45, 2.75) is 13.8 Å². The Morgan fingerprint density at radius 1 is 1.12 bits per heavy atom. The first-order valence-electron chi connectivity index (χ1n) is 9.82. The highest BCUT2D eigenvalue weighted by Crippen LogP contribution is 2.33. The molecule has 4 rings (SSSR count). The summed E-state index contributed by atoms with van der Waals surface area (Å²) >= 11 is 5.30. The molecule has 0 radical (unpaired) electrons. The maximum atomic E-state index is 12.7. The van der Waals surface area contributed by atoms with Crippen LogP contribution < -0.4 is 15.4 Å². The highest BCUT2D eigenvalue weighted by atomic mass is 32.1. The number of hydrogen-bond donors (Lipinski definition) is 3. The number of nitrogens with zero attached hydrogens (tertiary/aromatic N) is 1. The van der Waals surface area contributed by atoms with Gasteiger partial charge in [0.15, 0.2) is 10.7 Å². The number of rotatable bonds is 4. The number of oxazole rings is 1. The van der Waals surface area contributed by atoms with E-state index in [0.29, 0.717) is 33.7 Å². The van der Waals surface area contributed by atoms with Crippen molar-refractivity contribution in [1.29, 1.82) is 0 Å². The minimum absolute atomic E-state index is 0.0123. The fraction of sp³-hybridized carbons (Fsp3) is 0.125. The number of aromatic nitrogens is 1. The number of amides is 1. The van der Waals surface area contributed by atoms with Gasteiger partial charge in [-0.25, -0.2) is 4.98 Å². The van der Waals surface area contributed by atoms with Gasteiger partial charge in [0.1, 0.15) is 17.0 Å². The Balaban J connectivity index is 1.54. The van der Waals surface area contributed by atoms with Crippen molar-refractivity contribution in [3.8, 4) is 23.0 Å². The molecule has 0 spiro atoms. The number of carbonyl (C=O) groups is 1. The smallest absolute Gasteiger partial charge is 0.261 e. The molecule has 32 heavy (non-hydrogen) atoms. The van der Waals surface area contributed by atoms with Crippen LogP contribution in [0.25, 0.3) is 22.6 Å². The number of ether oxygens (including phenoxy) is 1. The Morgan fingerprint density at radius 3 is 2.72 bits per heavy atom. The number of methoxy groups -OCH3 is 1. The fourth-order valence-electron chi connectivity index (χ4n) is 3.37. The van der Waals surface area contributed by atoms with E-state index in [4.69, 9.17) is 21.4 Å². The molecule has 0 fully saturated rings. The Morgan fingerprint density at radius 2 is 1.94 bits per heavy atom. The van der Waals surface area contributed by atoms with Gasteiger partial charge in [-0.2, -0.15) is 0 Å². The lowest BCUT2D eigenvalue weighted by atomic mass is 10.1. The van der Waals surface area contributed by atoms with E-state index in [1.165, 1.54) is 13.2 Å². The van der Waals surface area contributed by atoms with Crippen LogP contribution in [0.3, 0.4) is 0 Å². The number of phenolic OH excluding ortho intramolecular Hbond substituents is 1. The maximum absolute atomic E-state index is 12.7. The van der Waals surface area contributed by atoms with Crippen LogP contribution >= 0.6 is 12.2 Å². The molecule has 162 valence electrons. The third kappa shape index (κ3) is 4.26. The second-order valence-electron chi connectivity index (χ2n) is 7.29. The molecule has 1 aromatic heterocycles. The maximum Gasteiger partial charge on any atom is 0.261 e. The van der Waals surface area contributed by atoms with Gasteiger partial charge < -0.3 is 19.6 Å². The second kappa shape index (κ2) is 8.68. The van der Waals surface area contributed by atoms with Crippen LogP contribution in [-0.4, -0.2) is 28.2 Å². The number of thiocarbonyl (C=S) groups is 1. The molecular weight excluding hydrogens is 426 g/mol. The predicted molar refractivity (Wildman–Crippen MR) is 127 cm³/mol. The van der Waals surface area contributed by atoms with E-state index in [1.54, 1.807) is 24.3 Å². The number of anilines is 1. The topological polar surface area (TPSA) is 96.6 Å². The van der Waals surface area contributed by atoms with Crippen LogP contribution in [0.4, 0.5) is 5.69 Å². The monoisotopic (exact) mass is 447 g/mol.